The molecule has 0 unspecified atom stereocenters. The van der Waals surface area contributed by atoms with E-state index in [9.17, 15) is 0 Å². The molecule has 1 aromatic carbocycles. The van der Waals surface area contributed by atoms with E-state index >= 15 is 0 Å². The molecule has 0 amide bonds. The average Bonchev–Trinajstić information content (AvgIpc) is 2.33. The van der Waals surface area contributed by atoms with Gasteiger partial charge in [0, 0.05) is 16.9 Å². The second-order valence-electron chi connectivity index (χ2n) is 3.46. The molecule has 0 atom stereocenters. The lowest BCUT2D eigenvalue weighted by Crippen LogP contribution is -2.01. The SMILES string of the molecule is Clc1cc(I)c(OCCCBr)c2ncccc12. The lowest BCUT2D eigenvalue weighted by Gasteiger charge is -2.11. The Balaban J connectivity index is 2.46. The van der Waals surface area contributed by atoms with Gasteiger partial charge >= 0.3 is 0 Å². The molecule has 0 spiro atoms. The molecule has 5 heteroatoms. The van der Waals surface area contributed by atoms with E-state index in [1.54, 1.807) is 6.20 Å². The zero-order chi connectivity index (χ0) is 12.3. The maximum absolute atomic E-state index is 6.19. The van der Waals surface area contributed by atoms with Gasteiger partial charge in [0.15, 0.2) is 5.75 Å². The van der Waals surface area contributed by atoms with Crippen molar-refractivity contribution in [2.75, 3.05) is 11.9 Å². The molecule has 0 aliphatic heterocycles. The third-order valence-electron chi connectivity index (χ3n) is 2.27. The number of benzene rings is 1. The molecule has 0 aliphatic rings. The Kier molecular flexibility index (Phi) is 4.87. The van der Waals surface area contributed by atoms with Gasteiger partial charge in [-0.25, -0.2) is 0 Å². The zero-order valence-corrected chi connectivity index (χ0v) is 13.4. The van der Waals surface area contributed by atoms with Crippen molar-refractivity contribution in [3.05, 3.63) is 33.0 Å². The van der Waals surface area contributed by atoms with Crippen molar-refractivity contribution in [1.82, 2.24) is 4.98 Å². The lowest BCUT2D eigenvalue weighted by molar-refractivity contribution is 0.320. The molecule has 0 bridgehead atoms. The van der Waals surface area contributed by atoms with Crippen LogP contribution >= 0.6 is 50.1 Å². The minimum absolute atomic E-state index is 0.675. The molecular weight excluding hydrogens is 416 g/mol. The summed E-state index contributed by atoms with van der Waals surface area (Å²) < 4.78 is 6.78. The van der Waals surface area contributed by atoms with Crippen LogP contribution in [0.3, 0.4) is 0 Å². The Morgan fingerprint density at radius 2 is 2.29 bits per heavy atom. The predicted molar refractivity (Wildman–Crippen MR) is 83.4 cm³/mol. The van der Waals surface area contributed by atoms with Crippen LogP contribution in [0.15, 0.2) is 24.4 Å². The van der Waals surface area contributed by atoms with Crippen LogP contribution in [0.25, 0.3) is 10.9 Å². The van der Waals surface area contributed by atoms with Crippen molar-refractivity contribution < 1.29 is 4.74 Å². The first-order chi connectivity index (χ1) is 8.24. The first-order valence-electron chi connectivity index (χ1n) is 5.15. The highest BCUT2D eigenvalue weighted by Crippen LogP contribution is 2.34. The molecule has 2 rings (SSSR count). The maximum Gasteiger partial charge on any atom is 0.158 e. The number of hydrogen-bond acceptors (Lipinski definition) is 2. The van der Waals surface area contributed by atoms with E-state index in [0.29, 0.717) is 11.6 Å². The minimum Gasteiger partial charge on any atom is -0.490 e. The summed E-state index contributed by atoms with van der Waals surface area (Å²) in [6.07, 6.45) is 2.72. The van der Waals surface area contributed by atoms with E-state index in [0.717, 1.165) is 32.0 Å². The highest BCUT2D eigenvalue weighted by atomic mass is 127. The van der Waals surface area contributed by atoms with Crippen molar-refractivity contribution >= 4 is 61.0 Å². The van der Waals surface area contributed by atoms with Gasteiger partial charge in [0.2, 0.25) is 0 Å². The molecule has 2 aromatic rings. The number of fused-ring (bicyclic) bond motifs is 1. The third kappa shape index (κ3) is 3.03. The van der Waals surface area contributed by atoms with Crippen LogP contribution in [0.2, 0.25) is 5.02 Å². The summed E-state index contributed by atoms with van der Waals surface area (Å²) in [5, 5.41) is 2.58. The van der Waals surface area contributed by atoms with E-state index in [4.69, 9.17) is 16.3 Å². The first-order valence-corrected chi connectivity index (χ1v) is 7.73. The number of nitrogens with zero attached hydrogens (tertiary/aromatic N) is 1. The fraction of sp³-hybridized carbons (Fsp3) is 0.250. The number of ether oxygens (including phenoxy) is 1. The van der Waals surface area contributed by atoms with E-state index in [-0.39, 0.29) is 0 Å². The summed E-state index contributed by atoms with van der Waals surface area (Å²) in [4.78, 5) is 4.36. The molecule has 0 N–H and O–H groups in total. The van der Waals surface area contributed by atoms with E-state index in [2.05, 4.69) is 43.5 Å². The zero-order valence-electron chi connectivity index (χ0n) is 8.92. The van der Waals surface area contributed by atoms with Gasteiger partial charge in [-0.2, -0.15) is 0 Å². The van der Waals surface area contributed by atoms with E-state index in [1.165, 1.54) is 0 Å². The normalized spacial score (nSPS) is 10.8. The minimum atomic E-state index is 0.675. The monoisotopic (exact) mass is 425 g/mol. The molecule has 17 heavy (non-hydrogen) atoms. The standard InChI is InChI=1S/C12H10BrClINO/c13-4-2-6-17-12-10(15)7-9(14)8-3-1-5-16-11(8)12/h1,3,5,7H,2,4,6H2. The molecule has 90 valence electrons. The van der Waals surface area contributed by atoms with Crippen LogP contribution in [0.5, 0.6) is 5.75 Å². The second kappa shape index (κ2) is 6.20. The smallest absolute Gasteiger partial charge is 0.158 e. The molecule has 1 heterocycles. The summed E-state index contributed by atoms with van der Waals surface area (Å²) in [5.41, 5.74) is 0.832. The molecule has 0 fully saturated rings. The summed E-state index contributed by atoms with van der Waals surface area (Å²) in [6, 6.07) is 5.75. The number of pyridine rings is 1. The Labute approximate surface area is 127 Å². The van der Waals surface area contributed by atoms with E-state index < -0.39 is 0 Å². The van der Waals surface area contributed by atoms with Crippen molar-refractivity contribution in [1.29, 1.82) is 0 Å². The van der Waals surface area contributed by atoms with Gasteiger partial charge in [-0.05, 0) is 47.2 Å². The van der Waals surface area contributed by atoms with Crippen LogP contribution in [-0.4, -0.2) is 16.9 Å². The average molecular weight is 426 g/mol. The second-order valence-corrected chi connectivity index (χ2v) is 5.82. The molecule has 0 radical (unpaired) electrons. The summed E-state index contributed by atoms with van der Waals surface area (Å²) >= 11 is 11.8. The number of alkyl halides is 1. The summed E-state index contributed by atoms with van der Waals surface area (Å²) in [7, 11) is 0. The van der Waals surface area contributed by atoms with Crippen LogP contribution in [0.4, 0.5) is 0 Å². The molecule has 2 nitrogen and oxygen atoms in total. The Hall–Kier alpha value is -0.0700. The topological polar surface area (TPSA) is 22.1 Å². The Bertz CT molecular complexity index is 535. The molecule has 0 aliphatic carbocycles. The van der Waals surface area contributed by atoms with Gasteiger partial charge < -0.3 is 4.74 Å². The van der Waals surface area contributed by atoms with E-state index in [1.807, 2.05) is 18.2 Å². The Morgan fingerprint density at radius 3 is 3.06 bits per heavy atom. The van der Waals surface area contributed by atoms with Gasteiger partial charge in [-0.1, -0.05) is 27.5 Å². The molecular formula is C12H10BrClINO. The molecule has 1 aromatic heterocycles. The van der Waals surface area contributed by atoms with Gasteiger partial charge in [0.05, 0.1) is 15.2 Å². The molecule has 0 saturated heterocycles. The quantitative estimate of drug-likeness (QED) is 0.403. The molecule has 0 saturated carbocycles. The van der Waals surface area contributed by atoms with Gasteiger partial charge in [0.25, 0.3) is 0 Å². The lowest BCUT2D eigenvalue weighted by atomic mass is 10.2. The fourth-order valence-electron chi connectivity index (χ4n) is 1.51. The van der Waals surface area contributed by atoms with Crippen LogP contribution < -0.4 is 4.74 Å². The summed E-state index contributed by atoms with van der Waals surface area (Å²) in [6.45, 7) is 0.675. The first kappa shape index (κ1) is 13.4. The van der Waals surface area contributed by atoms with Gasteiger partial charge in [-0.15, -0.1) is 0 Å². The maximum atomic E-state index is 6.19. The predicted octanol–water partition coefficient (Wildman–Crippen LogP) is 4.66. The van der Waals surface area contributed by atoms with Crippen LogP contribution in [0, 0.1) is 3.57 Å². The number of halogens is 3. The van der Waals surface area contributed by atoms with Crippen molar-refractivity contribution in [3.8, 4) is 5.75 Å². The van der Waals surface area contributed by atoms with Crippen molar-refractivity contribution in [3.63, 3.8) is 0 Å². The van der Waals surface area contributed by atoms with Gasteiger partial charge in [0.1, 0.15) is 5.52 Å². The third-order valence-corrected chi connectivity index (χ3v) is 3.95. The van der Waals surface area contributed by atoms with Crippen molar-refractivity contribution in [2.45, 2.75) is 6.42 Å². The highest BCUT2D eigenvalue weighted by Gasteiger charge is 2.11. The highest BCUT2D eigenvalue weighted by molar-refractivity contribution is 14.1. The van der Waals surface area contributed by atoms with Crippen LogP contribution in [-0.2, 0) is 0 Å². The largest absolute Gasteiger partial charge is 0.490 e. The fourth-order valence-corrected chi connectivity index (χ4v) is 2.91. The van der Waals surface area contributed by atoms with Gasteiger partial charge in [-0.3, -0.25) is 4.98 Å². The number of hydrogen-bond donors (Lipinski definition) is 0. The Morgan fingerprint density at radius 1 is 1.47 bits per heavy atom. The number of rotatable bonds is 4. The number of aromatic nitrogens is 1. The van der Waals surface area contributed by atoms with Crippen molar-refractivity contribution in [2.24, 2.45) is 0 Å². The summed E-state index contributed by atoms with van der Waals surface area (Å²) in [5.74, 6) is 0.826. The van der Waals surface area contributed by atoms with Crippen LogP contribution in [0.1, 0.15) is 6.42 Å².